The third-order valence-corrected chi connectivity index (χ3v) is 6.55. The molecule has 1 spiro atoms. The standard InChI is InChI=1S/C25H28O6/c1-27-24(26)19-12-25(19)13-20-23(31-25)22(30-15-18-10-6-3-7-11-18)21(16-29-20)28-14-17-8-4-2-5-9-17/h2-11,19-23H,12-16H2,1H3/t19?,20-,21-,22-,23-,25?/m0/s1. The second-order valence-corrected chi connectivity index (χ2v) is 8.60. The second kappa shape index (κ2) is 8.71. The minimum absolute atomic E-state index is 0.105. The molecule has 2 unspecified atom stereocenters. The molecular weight excluding hydrogens is 396 g/mol. The highest BCUT2D eigenvalue weighted by Gasteiger charge is 2.68. The molecule has 2 aromatic carbocycles. The summed E-state index contributed by atoms with van der Waals surface area (Å²) < 4.78 is 30.2. The van der Waals surface area contributed by atoms with Crippen LogP contribution in [0.5, 0.6) is 0 Å². The summed E-state index contributed by atoms with van der Waals surface area (Å²) in [5, 5.41) is 0. The molecule has 0 radical (unpaired) electrons. The molecule has 0 bridgehead atoms. The van der Waals surface area contributed by atoms with Gasteiger partial charge in [-0.25, -0.2) is 0 Å². The van der Waals surface area contributed by atoms with Gasteiger partial charge in [0.25, 0.3) is 0 Å². The highest BCUT2D eigenvalue weighted by Crippen LogP contribution is 2.57. The van der Waals surface area contributed by atoms with Gasteiger partial charge in [0.15, 0.2) is 0 Å². The van der Waals surface area contributed by atoms with Crippen LogP contribution in [0.15, 0.2) is 60.7 Å². The van der Waals surface area contributed by atoms with Gasteiger partial charge >= 0.3 is 5.97 Å². The maximum Gasteiger partial charge on any atom is 0.311 e. The van der Waals surface area contributed by atoms with E-state index in [-0.39, 0.29) is 36.3 Å². The Morgan fingerprint density at radius 2 is 1.61 bits per heavy atom. The number of methoxy groups -OCH3 is 1. The van der Waals surface area contributed by atoms with Crippen LogP contribution >= 0.6 is 0 Å². The van der Waals surface area contributed by atoms with Crippen LogP contribution in [0.25, 0.3) is 0 Å². The predicted molar refractivity (Wildman–Crippen MR) is 112 cm³/mol. The summed E-state index contributed by atoms with van der Waals surface area (Å²) in [6.07, 6.45) is 0.460. The van der Waals surface area contributed by atoms with Gasteiger partial charge in [-0.05, 0) is 17.5 Å². The summed E-state index contributed by atoms with van der Waals surface area (Å²) in [7, 11) is 1.42. The maximum atomic E-state index is 12.1. The van der Waals surface area contributed by atoms with Crippen LogP contribution in [-0.4, -0.2) is 49.7 Å². The number of hydrogen-bond donors (Lipinski definition) is 0. The van der Waals surface area contributed by atoms with Crippen molar-refractivity contribution in [3.63, 3.8) is 0 Å². The van der Waals surface area contributed by atoms with E-state index in [1.54, 1.807) is 0 Å². The summed E-state index contributed by atoms with van der Waals surface area (Å²) >= 11 is 0. The lowest BCUT2D eigenvalue weighted by molar-refractivity contribution is -0.217. The average molecular weight is 424 g/mol. The van der Waals surface area contributed by atoms with E-state index in [0.717, 1.165) is 11.1 Å². The fourth-order valence-corrected chi connectivity index (χ4v) is 4.78. The lowest BCUT2D eigenvalue weighted by Gasteiger charge is -2.38. The fourth-order valence-electron chi connectivity index (χ4n) is 4.78. The van der Waals surface area contributed by atoms with Crippen molar-refractivity contribution in [1.82, 2.24) is 0 Å². The van der Waals surface area contributed by atoms with Crippen LogP contribution < -0.4 is 0 Å². The number of hydrogen-bond acceptors (Lipinski definition) is 6. The molecule has 31 heavy (non-hydrogen) atoms. The quantitative estimate of drug-likeness (QED) is 0.636. The van der Waals surface area contributed by atoms with Crippen molar-refractivity contribution in [3.8, 4) is 0 Å². The van der Waals surface area contributed by atoms with Crippen molar-refractivity contribution in [1.29, 1.82) is 0 Å². The van der Waals surface area contributed by atoms with E-state index in [2.05, 4.69) is 0 Å². The van der Waals surface area contributed by atoms with Gasteiger partial charge in [-0.3, -0.25) is 4.79 Å². The third-order valence-electron chi connectivity index (χ3n) is 6.55. The molecule has 3 fully saturated rings. The molecule has 6 atom stereocenters. The molecule has 164 valence electrons. The first-order valence-corrected chi connectivity index (χ1v) is 10.9. The number of rotatable bonds is 7. The zero-order valence-corrected chi connectivity index (χ0v) is 17.6. The van der Waals surface area contributed by atoms with E-state index in [1.807, 2.05) is 60.7 Å². The molecule has 6 heteroatoms. The SMILES string of the molecule is COC(=O)C1CC12C[C@@H]1OC[C@H](OCc3ccccc3)[C@H](OCc3ccccc3)[C@H]1O2. The van der Waals surface area contributed by atoms with Crippen LogP contribution in [0.3, 0.4) is 0 Å². The molecule has 0 N–H and O–H groups in total. The molecule has 2 aliphatic heterocycles. The Bertz CT molecular complexity index is 887. The highest BCUT2D eigenvalue weighted by atomic mass is 16.6. The Balaban J connectivity index is 1.30. The van der Waals surface area contributed by atoms with Crippen LogP contribution in [-0.2, 0) is 41.7 Å². The van der Waals surface area contributed by atoms with Crippen molar-refractivity contribution >= 4 is 5.97 Å². The zero-order chi connectivity index (χ0) is 21.3. The van der Waals surface area contributed by atoms with E-state index in [0.29, 0.717) is 32.7 Å². The number of ether oxygens (including phenoxy) is 5. The molecule has 2 saturated heterocycles. The van der Waals surface area contributed by atoms with E-state index in [9.17, 15) is 4.79 Å². The summed E-state index contributed by atoms with van der Waals surface area (Å²) in [4.78, 5) is 12.1. The van der Waals surface area contributed by atoms with Crippen molar-refractivity contribution in [2.24, 2.45) is 5.92 Å². The Hall–Kier alpha value is -2.25. The molecule has 2 heterocycles. The van der Waals surface area contributed by atoms with E-state index in [1.165, 1.54) is 7.11 Å². The van der Waals surface area contributed by atoms with Crippen molar-refractivity contribution in [3.05, 3.63) is 71.8 Å². The largest absolute Gasteiger partial charge is 0.469 e. The van der Waals surface area contributed by atoms with Crippen LogP contribution in [0.1, 0.15) is 24.0 Å². The van der Waals surface area contributed by atoms with Crippen molar-refractivity contribution in [2.45, 2.75) is 56.1 Å². The van der Waals surface area contributed by atoms with Gasteiger partial charge in [-0.15, -0.1) is 0 Å². The van der Waals surface area contributed by atoms with Crippen LogP contribution in [0.2, 0.25) is 0 Å². The van der Waals surface area contributed by atoms with Gasteiger partial charge in [0.1, 0.15) is 18.3 Å². The van der Waals surface area contributed by atoms with Gasteiger partial charge in [-0.1, -0.05) is 60.7 Å². The van der Waals surface area contributed by atoms with Gasteiger partial charge in [0.05, 0.1) is 44.6 Å². The van der Waals surface area contributed by atoms with Crippen LogP contribution in [0, 0.1) is 5.92 Å². The molecule has 6 nitrogen and oxygen atoms in total. The minimum Gasteiger partial charge on any atom is -0.469 e. The van der Waals surface area contributed by atoms with Crippen molar-refractivity contribution in [2.75, 3.05) is 13.7 Å². The summed E-state index contributed by atoms with van der Waals surface area (Å²) in [6.45, 7) is 1.39. The van der Waals surface area contributed by atoms with Gasteiger partial charge in [-0.2, -0.15) is 0 Å². The summed E-state index contributed by atoms with van der Waals surface area (Å²) in [6, 6.07) is 20.1. The van der Waals surface area contributed by atoms with Crippen molar-refractivity contribution < 1.29 is 28.5 Å². The molecule has 5 rings (SSSR count). The maximum absolute atomic E-state index is 12.1. The van der Waals surface area contributed by atoms with Gasteiger partial charge in [0.2, 0.25) is 0 Å². The molecule has 0 aromatic heterocycles. The van der Waals surface area contributed by atoms with Crippen LogP contribution in [0.4, 0.5) is 0 Å². The molecule has 3 aliphatic rings. The Labute approximate surface area is 182 Å². The Morgan fingerprint density at radius 1 is 0.968 bits per heavy atom. The van der Waals surface area contributed by atoms with E-state index < -0.39 is 5.60 Å². The number of fused-ring (bicyclic) bond motifs is 1. The Morgan fingerprint density at radius 3 is 2.26 bits per heavy atom. The lowest BCUT2D eigenvalue weighted by Crippen LogP contribution is -2.53. The van der Waals surface area contributed by atoms with E-state index >= 15 is 0 Å². The second-order valence-electron chi connectivity index (χ2n) is 8.60. The predicted octanol–water partition coefficient (Wildman–Crippen LogP) is 3.28. The monoisotopic (exact) mass is 424 g/mol. The number of esters is 1. The normalized spacial score (nSPS) is 33.8. The number of carbonyl (C=O) groups excluding carboxylic acids is 1. The molecular formula is C25H28O6. The smallest absolute Gasteiger partial charge is 0.311 e. The molecule has 2 aromatic rings. The van der Waals surface area contributed by atoms with E-state index in [4.69, 9.17) is 23.7 Å². The first kappa shape index (κ1) is 20.6. The molecule has 1 aliphatic carbocycles. The first-order chi connectivity index (χ1) is 15.2. The van der Waals surface area contributed by atoms with Gasteiger partial charge in [0, 0.05) is 6.42 Å². The first-order valence-electron chi connectivity index (χ1n) is 10.9. The summed E-state index contributed by atoms with van der Waals surface area (Å²) in [5.74, 6) is -0.428. The minimum atomic E-state index is -0.481. The molecule has 0 amide bonds. The Kier molecular flexibility index (Phi) is 5.80. The number of carbonyl (C=O) groups is 1. The number of benzene rings is 2. The topological polar surface area (TPSA) is 63.2 Å². The average Bonchev–Trinajstić information content (AvgIpc) is 3.38. The van der Waals surface area contributed by atoms with Gasteiger partial charge < -0.3 is 23.7 Å². The lowest BCUT2D eigenvalue weighted by atomic mass is 9.98. The molecule has 1 saturated carbocycles. The fraction of sp³-hybridized carbons (Fsp3) is 0.480. The highest BCUT2D eigenvalue weighted by molar-refractivity contribution is 5.77. The summed E-state index contributed by atoms with van der Waals surface area (Å²) in [5.41, 5.74) is 1.72. The zero-order valence-electron chi connectivity index (χ0n) is 17.6. The third kappa shape index (κ3) is 4.26.